The van der Waals surface area contributed by atoms with E-state index in [1.807, 2.05) is 36.2 Å². The van der Waals surface area contributed by atoms with Crippen molar-refractivity contribution in [2.75, 3.05) is 13.7 Å². The third kappa shape index (κ3) is 3.51. The first kappa shape index (κ1) is 18.2. The summed E-state index contributed by atoms with van der Waals surface area (Å²) in [7, 11) is 1.65. The topological polar surface area (TPSA) is 60.9 Å². The van der Waals surface area contributed by atoms with Gasteiger partial charge in [0.1, 0.15) is 0 Å². The molecule has 6 heteroatoms. The van der Waals surface area contributed by atoms with Gasteiger partial charge < -0.3 is 19.1 Å². The van der Waals surface area contributed by atoms with Gasteiger partial charge in [0.05, 0.1) is 17.7 Å². The number of carbonyl (C=O) groups excluding carboxylic acids is 1. The average Bonchev–Trinajstić information content (AvgIpc) is 3.02. The molecule has 144 valence electrons. The van der Waals surface area contributed by atoms with Gasteiger partial charge in [-0.05, 0) is 37.0 Å². The molecule has 0 radical (unpaired) electrons. The average molecular weight is 370 g/mol. The van der Waals surface area contributed by atoms with E-state index in [1.54, 1.807) is 7.11 Å². The number of hydrogen-bond acceptors (Lipinski definition) is 5. The zero-order valence-electron chi connectivity index (χ0n) is 15.8. The Labute approximate surface area is 159 Å². The maximum Gasteiger partial charge on any atom is 0.410 e. The van der Waals surface area contributed by atoms with Crippen LogP contribution in [0.5, 0.6) is 0 Å². The van der Waals surface area contributed by atoms with E-state index in [1.165, 1.54) is 10.9 Å². The normalized spacial score (nSPS) is 27.6. The van der Waals surface area contributed by atoms with Crippen LogP contribution in [0.25, 0.3) is 10.9 Å². The quantitative estimate of drug-likeness (QED) is 0.778. The second-order valence-electron chi connectivity index (χ2n) is 7.18. The van der Waals surface area contributed by atoms with Crippen LogP contribution in [0.15, 0.2) is 36.5 Å². The minimum atomic E-state index is -0.280. The SMILES string of the molecule is CC[C@H]1O[C@H](OC)C[C@H]2[C@@H]1OC(=O)N2CCCc1ccnc2ccccc12. The van der Waals surface area contributed by atoms with Crippen molar-refractivity contribution in [1.82, 2.24) is 9.88 Å². The number of amides is 1. The third-order valence-electron chi connectivity index (χ3n) is 5.63. The lowest BCUT2D eigenvalue weighted by Gasteiger charge is -2.37. The number of aryl methyl sites for hydroxylation is 1. The molecule has 2 aliphatic rings. The van der Waals surface area contributed by atoms with Crippen molar-refractivity contribution < 1.29 is 19.0 Å². The maximum absolute atomic E-state index is 12.4. The molecular weight excluding hydrogens is 344 g/mol. The fourth-order valence-corrected chi connectivity index (χ4v) is 4.24. The second kappa shape index (κ2) is 7.82. The molecule has 0 saturated carbocycles. The van der Waals surface area contributed by atoms with Crippen LogP contribution in [0.3, 0.4) is 0 Å². The number of aromatic nitrogens is 1. The van der Waals surface area contributed by atoms with Gasteiger partial charge in [0.15, 0.2) is 12.4 Å². The molecule has 2 fully saturated rings. The van der Waals surface area contributed by atoms with Gasteiger partial charge in [-0.3, -0.25) is 4.98 Å². The van der Waals surface area contributed by atoms with Gasteiger partial charge in [0.2, 0.25) is 0 Å². The minimum absolute atomic E-state index is 0.0235. The molecule has 2 saturated heterocycles. The highest BCUT2D eigenvalue weighted by molar-refractivity contribution is 5.81. The Morgan fingerprint density at radius 2 is 2.15 bits per heavy atom. The number of fused-ring (bicyclic) bond motifs is 2. The molecule has 1 aromatic heterocycles. The Balaban J connectivity index is 1.43. The summed E-state index contributed by atoms with van der Waals surface area (Å²) < 4.78 is 16.9. The molecule has 0 bridgehead atoms. The molecule has 0 unspecified atom stereocenters. The Hall–Kier alpha value is -2.18. The number of rotatable bonds is 6. The number of benzene rings is 1. The second-order valence-corrected chi connectivity index (χ2v) is 7.18. The molecule has 1 aromatic carbocycles. The van der Waals surface area contributed by atoms with Gasteiger partial charge in [0.25, 0.3) is 0 Å². The highest BCUT2D eigenvalue weighted by Crippen LogP contribution is 2.34. The standard InChI is InChI=1S/C21H26N2O4/c1-3-18-20-17(13-19(25-2)26-18)23(21(24)27-20)12-6-7-14-10-11-22-16-9-5-4-8-15(14)16/h4-5,8-11,17-20H,3,6-7,12-13H2,1-2H3/t17-,18+,19-,20-/m0/s1. The summed E-state index contributed by atoms with van der Waals surface area (Å²) in [6.45, 7) is 2.72. The van der Waals surface area contributed by atoms with Gasteiger partial charge in [0, 0.05) is 31.7 Å². The lowest BCUT2D eigenvalue weighted by Crippen LogP contribution is -2.51. The summed E-state index contributed by atoms with van der Waals surface area (Å²) in [4.78, 5) is 18.7. The van der Waals surface area contributed by atoms with Crippen LogP contribution in [0.1, 0.15) is 31.7 Å². The van der Waals surface area contributed by atoms with Crippen molar-refractivity contribution in [3.05, 3.63) is 42.1 Å². The van der Waals surface area contributed by atoms with E-state index in [4.69, 9.17) is 14.2 Å². The highest BCUT2D eigenvalue weighted by Gasteiger charge is 2.50. The van der Waals surface area contributed by atoms with E-state index >= 15 is 0 Å². The molecule has 4 rings (SSSR count). The van der Waals surface area contributed by atoms with Crippen molar-refractivity contribution in [2.45, 2.75) is 57.1 Å². The Morgan fingerprint density at radius 3 is 2.96 bits per heavy atom. The molecule has 0 aliphatic carbocycles. The lowest BCUT2D eigenvalue weighted by atomic mass is 9.96. The van der Waals surface area contributed by atoms with Crippen LogP contribution >= 0.6 is 0 Å². The number of nitrogens with zero attached hydrogens (tertiary/aromatic N) is 2. The largest absolute Gasteiger partial charge is 0.441 e. The number of pyridine rings is 1. The third-order valence-corrected chi connectivity index (χ3v) is 5.63. The predicted octanol–water partition coefficient (Wildman–Crippen LogP) is 3.53. The Kier molecular flexibility index (Phi) is 5.27. The first-order chi connectivity index (χ1) is 13.2. The van der Waals surface area contributed by atoms with Crippen LogP contribution in [-0.4, -0.2) is 54.2 Å². The summed E-state index contributed by atoms with van der Waals surface area (Å²) in [5.74, 6) is 0. The summed E-state index contributed by atoms with van der Waals surface area (Å²) in [6.07, 6.45) is 4.26. The number of carbonyl (C=O) groups is 1. The number of para-hydroxylation sites is 1. The molecule has 2 aliphatic heterocycles. The molecule has 6 nitrogen and oxygen atoms in total. The van der Waals surface area contributed by atoms with Crippen molar-refractivity contribution in [3.63, 3.8) is 0 Å². The number of methoxy groups -OCH3 is 1. The molecule has 2 aromatic rings. The fourth-order valence-electron chi connectivity index (χ4n) is 4.24. The van der Waals surface area contributed by atoms with Crippen molar-refractivity contribution in [3.8, 4) is 0 Å². The van der Waals surface area contributed by atoms with Crippen molar-refractivity contribution >= 4 is 17.0 Å². The summed E-state index contributed by atoms with van der Waals surface area (Å²) in [5.41, 5.74) is 2.27. The number of ether oxygens (including phenoxy) is 3. The minimum Gasteiger partial charge on any atom is -0.441 e. The predicted molar refractivity (Wildman–Crippen MR) is 101 cm³/mol. The van der Waals surface area contributed by atoms with Gasteiger partial charge in [-0.25, -0.2) is 4.79 Å². The smallest absolute Gasteiger partial charge is 0.410 e. The van der Waals surface area contributed by atoms with E-state index in [-0.39, 0.29) is 30.6 Å². The van der Waals surface area contributed by atoms with Gasteiger partial charge >= 0.3 is 6.09 Å². The van der Waals surface area contributed by atoms with Crippen molar-refractivity contribution in [1.29, 1.82) is 0 Å². The summed E-state index contributed by atoms with van der Waals surface area (Å²) >= 11 is 0. The highest BCUT2D eigenvalue weighted by atomic mass is 16.7. The van der Waals surface area contributed by atoms with Gasteiger partial charge in [-0.15, -0.1) is 0 Å². The Bertz CT molecular complexity index is 806. The van der Waals surface area contributed by atoms with Gasteiger partial charge in [-0.1, -0.05) is 25.1 Å². The van der Waals surface area contributed by atoms with Crippen LogP contribution in [0.2, 0.25) is 0 Å². The molecule has 3 heterocycles. The maximum atomic E-state index is 12.4. The Morgan fingerprint density at radius 1 is 1.30 bits per heavy atom. The van der Waals surface area contributed by atoms with Gasteiger partial charge in [-0.2, -0.15) is 0 Å². The van der Waals surface area contributed by atoms with Crippen LogP contribution < -0.4 is 0 Å². The van der Waals surface area contributed by atoms with E-state index in [0.29, 0.717) is 13.0 Å². The fraction of sp³-hybridized carbons (Fsp3) is 0.524. The van der Waals surface area contributed by atoms with Crippen LogP contribution in [-0.2, 0) is 20.6 Å². The summed E-state index contributed by atoms with van der Waals surface area (Å²) in [5, 5.41) is 1.18. The van der Waals surface area contributed by atoms with Crippen LogP contribution in [0, 0.1) is 0 Å². The monoisotopic (exact) mass is 370 g/mol. The molecule has 27 heavy (non-hydrogen) atoms. The van der Waals surface area contributed by atoms with Crippen molar-refractivity contribution in [2.24, 2.45) is 0 Å². The molecule has 4 atom stereocenters. The van der Waals surface area contributed by atoms with E-state index < -0.39 is 0 Å². The van der Waals surface area contributed by atoms with E-state index in [9.17, 15) is 4.79 Å². The summed E-state index contributed by atoms with van der Waals surface area (Å²) in [6, 6.07) is 10.3. The molecule has 0 N–H and O–H groups in total. The van der Waals surface area contributed by atoms with E-state index in [0.717, 1.165) is 24.8 Å². The first-order valence-corrected chi connectivity index (χ1v) is 9.69. The lowest BCUT2D eigenvalue weighted by molar-refractivity contribution is -0.214. The zero-order valence-corrected chi connectivity index (χ0v) is 15.8. The molecule has 1 amide bonds. The number of hydrogen-bond donors (Lipinski definition) is 0. The molecule has 0 spiro atoms. The van der Waals surface area contributed by atoms with E-state index in [2.05, 4.69) is 17.1 Å². The first-order valence-electron chi connectivity index (χ1n) is 9.69. The molecular formula is C21H26N2O4. The van der Waals surface area contributed by atoms with Crippen LogP contribution in [0.4, 0.5) is 4.79 Å². The zero-order chi connectivity index (χ0) is 18.8.